The molecule has 0 aliphatic carbocycles. The summed E-state index contributed by atoms with van der Waals surface area (Å²) in [5.74, 6) is 0.602. The highest BCUT2D eigenvalue weighted by atomic mass is 32.2. The molecule has 0 rings (SSSR count). The molecule has 0 aromatic carbocycles. The minimum atomic E-state index is -3.34. The Hall–Kier alpha value is -0.170. The first kappa shape index (κ1) is 18.8. The van der Waals surface area contributed by atoms with Crippen LogP contribution in [0.5, 0.6) is 0 Å². The summed E-state index contributed by atoms with van der Waals surface area (Å²) in [5, 5.41) is 3.19. The second-order valence-corrected chi connectivity index (χ2v) is 7.33. The quantitative estimate of drug-likeness (QED) is 0.569. The zero-order valence-electron chi connectivity index (χ0n) is 13.1. The smallest absolute Gasteiger partial charge is 0.279 e. The van der Waals surface area contributed by atoms with Gasteiger partial charge in [-0.05, 0) is 45.2 Å². The molecule has 1 atom stereocenters. The van der Waals surface area contributed by atoms with Crippen molar-refractivity contribution in [2.24, 2.45) is 5.92 Å². The molecule has 0 saturated heterocycles. The predicted octanol–water partition coefficient (Wildman–Crippen LogP) is 1.58. The van der Waals surface area contributed by atoms with Gasteiger partial charge in [-0.1, -0.05) is 20.8 Å². The van der Waals surface area contributed by atoms with Gasteiger partial charge in [-0.15, -0.1) is 0 Å². The molecule has 6 heteroatoms. The van der Waals surface area contributed by atoms with E-state index in [2.05, 4.69) is 23.9 Å². The summed E-state index contributed by atoms with van der Waals surface area (Å²) < 4.78 is 28.2. The van der Waals surface area contributed by atoms with Crippen molar-refractivity contribution in [2.45, 2.75) is 53.0 Å². The van der Waals surface area contributed by atoms with Crippen LogP contribution in [0.25, 0.3) is 0 Å². The SMILES string of the molecule is CCNCCCN(C)S(=O)(=O)NC(C)CCC(C)C. The molecule has 0 fully saturated rings. The summed E-state index contributed by atoms with van der Waals surface area (Å²) in [7, 11) is -1.71. The normalized spacial score (nSPS) is 14.3. The molecule has 0 spiro atoms. The summed E-state index contributed by atoms with van der Waals surface area (Å²) in [4.78, 5) is 0. The summed E-state index contributed by atoms with van der Waals surface area (Å²) in [5.41, 5.74) is 0. The van der Waals surface area contributed by atoms with Gasteiger partial charge in [0.1, 0.15) is 0 Å². The lowest BCUT2D eigenvalue weighted by atomic mass is 10.1. The van der Waals surface area contributed by atoms with Crippen molar-refractivity contribution in [3.8, 4) is 0 Å². The maximum Gasteiger partial charge on any atom is 0.279 e. The standard InChI is InChI=1S/C13H31N3O2S/c1-6-14-10-7-11-16(5)19(17,18)15-13(4)9-8-12(2)3/h12-15H,6-11H2,1-5H3. The van der Waals surface area contributed by atoms with Gasteiger partial charge < -0.3 is 5.32 Å². The number of hydrogen-bond acceptors (Lipinski definition) is 3. The second-order valence-electron chi connectivity index (χ2n) is 5.52. The van der Waals surface area contributed by atoms with Crippen molar-refractivity contribution in [3.63, 3.8) is 0 Å². The van der Waals surface area contributed by atoms with Gasteiger partial charge in [0.25, 0.3) is 10.2 Å². The van der Waals surface area contributed by atoms with Gasteiger partial charge in [-0.25, -0.2) is 0 Å². The van der Waals surface area contributed by atoms with Gasteiger partial charge in [0.15, 0.2) is 0 Å². The average Bonchev–Trinajstić information content (AvgIpc) is 2.31. The van der Waals surface area contributed by atoms with Gasteiger partial charge in [0.05, 0.1) is 0 Å². The molecule has 5 nitrogen and oxygen atoms in total. The van der Waals surface area contributed by atoms with E-state index in [1.807, 2.05) is 13.8 Å². The molecule has 0 radical (unpaired) electrons. The Morgan fingerprint density at radius 2 is 1.79 bits per heavy atom. The highest BCUT2D eigenvalue weighted by Crippen LogP contribution is 2.08. The van der Waals surface area contributed by atoms with Crippen molar-refractivity contribution in [1.29, 1.82) is 0 Å². The fourth-order valence-corrected chi connectivity index (χ4v) is 2.89. The van der Waals surface area contributed by atoms with Crippen LogP contribution in [0, 0.1) is 5.92 Å². The van der Waals surface area contributed by atoms with Crippen LogP contribution in [0.3, 0.4) is 0 Å². The van der Waals surface area contributed by atoms with Gasteiger partial charge in [-0.3, -0.25) is 0 Å². The van der Waals surface area contributed by atoms with Crippen LogP contribution in [-0.2, 0) is 10.2 Å². The van der Waals surface area contributed by atoms with Gasteiger partial charge in [0, 0.05) is 19.6 Å². The molecule has 0 bridgehead atoms. The second kappa shape index (κ2) is 9.69. The Balaban J connectivity index is 4.07. The summed E-state index contributed by atoms with van der Waals surface area (Å²) in [6.45, 7) is 10.6. The zero-order chi connectivity index (χ0) is 14.9. The van der Waals surface area contributed by atoms with Gasteiger partial charge in [0.2, 0.25) is 0 Å². The van der Waals surface area contributed by atoms with E-state index in [1.165, 1.54) is 4.31 Å². The van der Waals surface area contributed by atoms with E-state index in [1.54, 1.807) is 7.05 Å². The van der Waals surface area contributed by atoms with Crippen LogP contribution in [0.15, 0.2) is 0 Å². The first-order valence-corrected chi connectivity index (χ1v) is 8.67. The summed E-state index contributed by atoms with van der Waals surface area (Å²) in [6, 6.07) is -0.0105. The first-order valence-electron chi connectivity index (χ1n) is 7.23. The predicted molar refractivity (Wildman–Crippen MR) is 81.4 cm³/mol. The largest absolute Gasteiger partial charge is 0.317 e. The van der Waals surface area contributed by atoms with E-state index < -0.39 is 10.2 Å². The molecule has 0 saturated carbocycles. The van der Waals surface area contributed by atoms with Crippen molar-refractivity contribution >= 4 is 10.2 Å². The number of hydrogen-bond donors (Lipinski definition) is 2. The maximum atomic E-state index is 12.0. The van der Waals surface area contributed by atoms with E-state index in [9.17, 15) is 8.42 Å². The van der Waals surface area contributed by atoms with Crippen LogP contribution >= 0.6 is 0 Å². The highest BCUT2D eigenvalue weighted by Gasteiger charge is 2.19. The zero-order valence-corrected chi connectivity index (χ0v) is 13.9. The maximum absolute atomic E-state index is 12.0. The monoisotopic (exact) mass is 293 g/mol. The average molecular weight is 293 g/mol. The fraction of sp³-hybridized carbons (Fsp3) is 1.00. The third kappa shape index (κ3) is 9.38. The van der Waals surface area contributed by atoms with Crippen molar-refractivity contribution in [1.82, 2.24) is 14.3 Å². The molecule has 1 unspecified atom stereocenters. The van der Waals surface area contributed by atoms with E-state index >= 15 is 0 Å². The third-order valence-corrected chi connectivity index (χ3v) is 4.72. The molecular formula is C13H31N3O2S. The molecule has 0 aromatic heterocycles. The lowest BCUT2D eigenvalue weighted by Crippen LogP contribution is -2.43. The minimum absolute atomic E-state index is 0.0105. The summed E-state index contributed by atoms with van der Waals surface area (Å²) in [6.07, 6.45) is 2.74. The van der Waals surface area contributed by atoms with Gasteiger partial charge in [-0.2, -0.15) is 17.4 Å². The Bertz CT molecular complexity index is 318. The summed E-state index contributed by atoms with van der Waals surface area (Å²) >= 11 is 0. The van der Waals surface area contributed by atoms with Crippen molar-refractivity contribution < 1.29 is 8.42 Å². The Morgan fingerprint density at radius 1 is 1.16 bits per heavy atom. The number of rotatable bonds is 11. The van der Waals surface area contributed by atoms with Crippen LogP contribution in [0.4, 0.5) is 0 Å². The molecule has 0 amide bonds. The molecular weight excluding hydrogens is 262 g/mol. The number of nitrogens with one attached hydrogen (secondary N) is 2. The molecule has 0 aromatic rings. The molecule has 0 heterocycles. The van der Waals surface area contributed by atoms with E-state index in [-0.39, 0.29) is 6.04 Å². The highest BCUT2D eigenvalue weighted by molar-refractivity contribution is 7.87. The van der Waals surface area contributed by atoms with Crippen LogP contribution < -0.4 is 10.0 Å². The lowest BCUT2D eigenvalue weighted by molar-refractivity contribution is 0.427. The van der Waals surface area contributed by atoms with E-state index in [0.717, 1.165) is 32.4 Å². The fourth-order valence-electron chi connectivity index (χ4n) is 1.71. The molecule has 0 aliphatic rings. The van der Waals surface area contributed by atoms with Crippen molar-refractivity contribution in [3.05, 3.63) is 0 Å². The molecule has 116 valence electrons. The lowest BCUT2D eigenvalue weighted by Gasteiger charge is -2.21. The topological polar surface area (TPSA) is 61.4 Å². The Kier molecular flexibility index (Phi) is 9.60. The first-order chi connectivity index (χ1) is 8.79. The molecule has 2 N–H and O–H groups in total. The van der Waals surface area contributed by atoms with Crippen LogP contribution in [0.1, 0.15) is 47.0 Å². The van der Waals surface area contributed by atoms with E-state index in [0.29, 0.717) is 12.5 Å². The third-order valence-electron chi connectivity index (χ3n) is 3.01. The minimum Gasteiger partial charge on any atom is -0.317 e. The molecule has 19 heavy (non-hydrogen) atoms. The Labute approximate surface area is 119 Å². The van der Waals surface area contributed by atoms with Crippen molar-refractivity contribution in [2.75, 3.05) is 26.7 Å². The van der Waals surface area contributed by atoms with Crippen LogP contribution in [0.2, 0.25) is 0 Å². The number of nitrogens with zero attached hydrogens (tertiary/aromatic N) is 1. The van der Waals surface area contributed by atoms with Gasteiger partial charge >= 0.3 is 0 Å². The van der Waals surface area contributed by atoms with Crippen LogP contribution in [-0.4, -0.2) is 45.4 Å². The van der Waals surface area contributed by atoms with E-state index in [4.69, 9.17) is 0 Å². The Morgan fingerprint density at radius 3 is 2.32 bits per heavy atom. The molecule has 0 aliphatic heterocycles.